The maximum Gasteiger partial charge on any atom is 0.191 e. The minimum Gasteiger partial charge on any atom is -0.375 e. The molecule has 6 heteroatoms. The van der Waals surface area contributed by atoms with E-state index in [1.807, 2.05) is 7.05 Å². The summed E-state index contributed by atoms with van der Waals surface area (Å²) < 4.78 is 0. The molecule has 2 aromatic rings. The number of unbranched alkanes of at least 4 members (excludes halogenated alkanes) is 1. The largest absolute Gasteiger partial charge is 0.375 e. The topological polar surface area (TPSA) is 39.7 Å². The first-order valence-electron chi connectivity index (χ1n) is 8.44. The number of para-hydroxylation sites is 1. The molecule has 0 saturated carbocycles. The number of hydrogen-bond acceptors (Lipinski definition) is 3. The lowest BCUT2D eigenvalue weighted by molar-refractivity contribution is 0.687. The molecule has 0 saturated heterocycles. The number of rotatable bonds is 8. The summed E-state index contributed by atoms with van der Waals surface area (Å²) in [4.78, 5) is 7.95. The number of anilines is 1. The van der Waals surface area contributed by atoms with E-state index in [1.165, 1.54) is 16.1 Å². The van der Waals surface area contributed by atoms with Crippen molar-refractivity contribution >= 4 is 47.0 Å². The smallest absolute Gasteiger partial charge is 0.191 e. The van der Waals surface area contributed by atoms with Gasteiger partial charge in [0.1, 0.15) is 0 Å². The average Bonchev–Trinajstić information content (AvgIpc) is 3.03. The van der Waals surface area contributed by atoms with Crippen molar-refractivity contribution in [1.29, 1.82) is 0 Å². The summed E-state index contributed by atoms with van der Waals surface area (Å²) in [6, 6.07) is 12.7. The molecular formula is C19H29IN4S. The van der Waals surface area contributed by atoms with Crippen LogP contribution in [0.2, 0.25) is 0 Å². The maximum atomic E-state index is 4.29. The quantitative estimate of drug-likeness (QED) is 0.261. The molecule has 0 radical (unpaired) electrons. The molecule has 0 spiro atoms. The van der Waals surface area contributed by atoms with E-state index >= 15 is 0 Å². The zero-order chi connectivity index (χ0) is 17.2. The van der Waals surface area contributed by atoms with Gasteiger partial charge < -0.3 is 15.5 Å². The highest BCUT2D eigenvalue weighted by Crippen LogP contribution is 2.14. The lowest BCUT2D eigenvalue weighted by Gasteiger charge is -2.19. The third-order valence-corrected chi connectivity index (χ3v) is 5.04. The summed E-state index contributed by atoms with van der Waals surface area (Å²) in [5.41, 5.74) is 2.61. The Labute approximate surface area is 172 Å². The van der Waals surface area contributed by atoms with E-state index in [9.17, 15) is 0 Å². The van der Waals surface area contributed by atoms with Gasteiger partial charge in [-0.25, -0.2) is 0 Å². The van der Waals surface area contributed by atoms with Crippen LogP contribution in [0.3, 0.4) is 0 Å². The van der Waals surface area contributed by atoms with Crippen molar-refractivity contribution in [3.05, 3.63) is 52.2 Å². The van der Waals surface area contributed by atoms with Crippen LogP contribution in [0.15, 0.2) is 46.8 Å². The lowest BCUT2D eigenvalue weighted by Crippen LogP contribution is -2.37. The second kappa shape index (κ2) is 12.1. The number of nitrogens with zero attached hydrogens (tertiary/aromatic N) is 2. The number of nitrogens with one attached hydrogen (secondary N) is 2. The molecular weight excluding hydrogens is 443 g/mol. The van der Waals surface area contributed by atoms with Crippen LogP contribution in [0, 0.1) is 6.92 Å². The van der Waals surface area contributed by atoms with E-state index in [0.717, 1.165) is 38.4 Å². The summed E-state index contributed by atoms with van der Waals surface area (Å²) in [6.45, 7) is 4.98. The first kappa shape index (κ1) is 21.8. The van der Waals surface area contributed by atoms with Crippen LogP contribution in [0.5, 0.6) is 0 Å². The van der Waals surface area contributed by atoms with E-state index in [0.29, 0.717) is 0 Å². The normalized spacial score (nSPS) is 10.9. The van der Waals surface area contributed by atoms with Crippen LogP contribution >= 0.6 is 35.3 Å². The maximum absolute atomic E-state index is 4.29. The van der Waals surface area contributed by atoms with Crippen LogP contribution in [0.25, 0.3) is 0 Å². The molecule has 4 nitrogen and oxygen atoms in total. The number of hydrogen-bond donors (Lipinski definition) is 2. The number of halogens is 1. The molecule has 2 N–H and O–H groups in total. The van der Waals surface area contributed by atoms with Crippen molar-refractivity contribution < 1.29 is 0 Å². The highest BCUT2D eigenvalue weighted by Gasteiger charge is 2.02. The van der Waals surface area contributed by atoms with Crippen LogP contribution in [0.1, 0.15) is 23.3 Å². The minimum atomic E-state index is 0. The van der Waals surface area contributed by atoms with Crippen molar-refractivity contribution in [2.45, 2.75) is 26.3 Å². The van der Waals surface area contributed by atoms with Gasteiger partial charge in [0.05, 0.1) is 6.54 Å². The van der Waals surface area contributed by atoms with Crippen molar-refractivity contribution in [1.82, 2.24) is 10.6 Å². The molecule has 1 aromatic carbocycles. The van der Waals surface area contributed by atoms with Gasteiger partial charge in [-0.05, 0) is 48.9 Å². The monoisotopic (exact) mass is 472 g/mol. The molecule has 0 aliphatic heterocycles. The Morgan fingerprint density at radius 2 is 1.88 bits per heavy atom. The molecule has 0 bridgehead atoms. The molecule has 1 aromatic heterocycles. The standard InChI is InChI=1S/C19H28N4S.HI/c1-16-11-14-24-18(16)15-22-19(20-2)21-12-7-8-13-23(3)17-9-5-4-6-10-17;/h4-6,9-11,14H,7-8,12-13,15H2,1-3H3,(H2,20,21,22);1H. The van der Waals surface area contributed by atoms with Gasteiger partial charge in [-0.15, -0.1) is 35.3 Å². The Kier molecular flexibility index (Phi) is 10.6. The Bertz CT molecular complexity index is 627. The predicted molar refractivity (Wildman–Crippen MR) is 122 cm³/mol. The van der Waals surface area contributed by atoms with Gasteiger partial charge in [0.25, 0.3) is 0 Å². The zero-order valence-electron chi connectivity index (χ0n) is 15.3. The van der Waals surface area contributed by atoms with Crippen LogP contribution in [0.4, 0.5) is 5.69 Å². The molecule has 25 heavy (non-hydrogen) atoms. The third kappa shape index (κ3) is 7.64. The van der Waals surface area contributed by atoms with Crippen molar-refractivity contribution in [3.8, 4) is 0 Å². The van der Waals surface area contributed by atoms with Gasteiger partial charge in [0.15, 0.2) is 5.96 Å². The van der Waals surface area contributed by atoms with Gasteiger partial charge in [0.2, 0.25) is 0 Å². The molecule has 0 atom stereocenters. The number of aryl methyl sites for hydroxylation is 1. The molecule has 138 valence electrons. The van der Waals surface area contributed by atoms with Gasteiger partial charge in [0, 0.05) is 37.7 Å². The number of benzene rings is 1. The van der Waals surface area contributed by atoms with Crippen molar-refractivity contribution in [2.24, 2.45) is 4.99 Å². The molecule has 0 aliphatic rings. The Hall–Kier alpha value is -1.28. The summed E-state index contributed by atoms with van der Waals surface area (Å²) in [6.07, 6.45) is 2.27. The zero-order valence-corrected chi connectivity index (χ0v) is 18.4. The summed E-state index contributed by atoms with van der Waals surface area (Å²) >= 11 is 1.78. The average molecular weight is 472 g/mol. The van der Waals surface area contributed by atoms with Crippen LogP contribution < -0.4 is 15.5 Å². The van der Waals surface area contributed by atoms with Gasteiger partial charge in [-0.2, -0.15) is 0 Å². The summed E-state index contributed by atoms with van der Waals surface area (Å²) in [7, 11) is 3.96. The van der Waals surface area contributed by atoms with Crippen molar-refractivity contribution in [3.63, 3.8) is 0 Å². The Balaban J connectivity index is 0.00000312. The second-order valence-corrected chi connectivity index (χ2v) is 6.84. The number of aliphatic imine (C=N–C) groups is 1. The fraction of sp³-hybridized carbons (Fsp3) is 0.421. The first-order valence-corrected chi connectivity index (χ1v) is 9.32. The van der Waals surface area contributed by atoms with Crippen molar-refractivity contribution in [2.75, 3.05) is 32.1 Å². The van der Waals surface area contributed by atoms with E-state index in [-0.39, 0.29) is 24.0 Å². The number of thiophene rings is 1. The number of guanidine groups is 1. The van der Waals surface area contributed by atoms with E-state index < -0.39 is 0 Å². The lowest BCUT2D eigenvalue weighted by atomic mass is 10.2. The highest BCUT2D eigenvalue weighted by molar-refractivity contribution is 14.0. The Morgan fingerprint density at radius 3 is 2.52 bits per heavy atom. The van der Waals surface area contributed by atoms with Crippen LogP contribution in [-0.2, 0) is 6.54 Å². The molecule has 0 fully saturated rings. The molecule has 0 unspecified atom stereocenters. The predicted octanol–water partition coefficient (Wildman–Crippen LogP) is 4.26. The van der Waals surface area contributed by atoms with E-state index in [2.05, 4.69) is 76.3 Å². The summed E-state index contributed by atoms with van der Waals surface area (Å²) in [5, 5.41) is 8.90. The minimum absolute atomic E-state index is 0. The first-order chi connectivity index (χ1) is 11.7. The van der Waals surface area contributed by atoms with Gasteiger partial charge in [-0.1, -0.05) is 18.2 Å². The summed E-state index contributed by atoms with van der Waals surface area (Å²) in [5.74, 6) is 0.874. The van der Waals surface area contributed by atoms with Gasteiger partial charge in [-0.3, -0.25) is 4.99 Å². The Morgan fingerprint density at radius 1 is 1.12 bits per heavy atom. The molecule has 1 heterocycles. The van der Waals surface area contributed by atoms with Crippen LogP contribution in [-0.4, -0.2) is 33.1 Å². The fourth-order valence-electron chi connectivity index (χ4n) is 2.46. The van der Waals surface area contributed by atoms with Gasteiger partial charge >= 0.3 is 0 Å². The third-order valence-electron chi connectivity index (χ3n) is 4.02. The molecule has 0 amide bonds. The molecule has 0 aliphatic carbocycles. The van der Waals surface area contributed by atoms with E-state index in [4.69, 9.17) is 0 Å². The molecule has 2 rings (SSSR count). The SMILES string of the molecule is CN=C(NCCCCN(C)c1ccccc1)NCc1sccc1C.I. The second-order valence-electron chi connectivity index (χ2n) is 5.84. The van der Waals surface area contributed by atoms with E-state index in [1.54, 1.807) is 11.3 Å². The fourth-order valence-corrected chi connectivity index (χ4v) is 3.31. The highest BCUT2D eigenvalue weighted by atomic mass is 127.